The van der Waals surface area contributed by atoms with Crippen LogP contribution >= 0.6 is 0 Å². The summed E-state index contributed by atoms with van der Waals surface area (Å²) < 4.78 is 17.5. The molecule has 0 aromatic rings. The average molecular weight is 920 g/mol. The predicted octanol–water partition coefficient (Wildman–Crippen LogP) is 19.2. The first-order valence-corrected chi connectivity index (χ1v) is 28.1. The topological polar surface area (TPSA) is 61.8 Å². The van der Waals surface area contributed by atoms with Gasteiger partial charge in [-0.05, 0) is 89.9 Å². The molecule has 0 amide bonds. The van der Waals surface area contributed by atoms with Crippen molar-refractivity contribution in [3.05, 3.63) is 85.1 Å². The van der Waals surface area contributed by atoms with Gasteiger partial charge in [-0.1, -0.05) is 247 Å². The molecule has 0 aliphatic rings. The Morgan fingerprint density at radius 1 is 0.348 bits per heavy atom. The van der Waals surface area contributed by atoms with E-state index in [1.54, 1.807) is 0 Å². The Balaban J connectivity index is 4.31. The molecule has 0 aromatic carbocycles. The number of ether oxygens (including phenoxy) is 3. The number of carbonyl (C=O) groups is 2. The smallest absolute Gasteiger partial charge is 0.306 e. The monoisotopic (exact) mass is 919 g/mol. The van der Waals surface area contributed by atoms with Crippen molar-refractivity contribution in [3.63, 3.8) is 0 Å². The first-order valence-electron chi connectivity index (χ1n) is 28.1. The van der Waals surface area contributed by atoms with Crippen LogP contribution in [0.1, 0.15) is 265 Å². The molecule has 0 saturated heterocycles. The van der Waals surface area contributed by atoms with Crippen LogP contribution < -0.4 is 0 Å². The minimum atomic E-state index is -0.554. The molecule has 0 fully saturated rings. The molecule has 0 spiro atoms. The van der Waals surface area contributed by atoms with Gasteiger partial charge in [-0.15, -0.1) is 0 Å². The normalized spacial score (nSPS) is 12.8. The zero-order valence-corrected chi connectivity index (χ0v) is 43.7. The van der Waals surface area contributed by atoms with E-state index in [9.17, 15) is 9.59 Å². The lowest BCUT2D eigenvalue weighted by atomic mass is 10.0. The third kappa shape index (κ3) is 53.7. The van der Waals surface area contributed by atoms with Gasteiger partial charge in [-0.25, -0.2) is 0 Å². The Morgan fingerprint density at radius 2 is 0.682 bits per heavy atom. The van der Waals surface area contributed by atoms with Gasteiger partial charge in [0, 0.05) is 19.4 Å². The second kappa shape index (κ2) is 56.4. The average Bonchev–Trinajstić information content (AvgIpc) is 3.32. The molecule has 0 radical (unpaired) electrons. The van der Waals surface area contributed by atoms with Crippen LogP contribution in [0.2, 0.25) is 0 Å². The summed E-state index contributed by atoms with van der Waals surface area (Å²) in [5.41, 5.74) is 0. The molecule has 5 nitrogen and oxygen atoms in total. The van der Waals surface area contributed by atoms with E-state index >= 15 is 0 Å². The minimum Gasteiger partial charge on any atom is -0.462 e. The minimum absolute atomic E-state index is 0.0695. The van der Waals surface area contributed by atoms with Crippen molar-refractivity contribution in [1.82, 2.24) is 0 Å². The zero-order valence-electron chi connectivity index (χ0n) is 43.7. The number of allylic oxidation sites excluding steroid dienone is 14. The Bertz CT molecular complexity index is 1220. The lowest BCUT2D eigenvalue weighted by Crippen LogP contribution is -2.30. The first-order chi connectivity index (χ1) is 32.6. The summed E-state index contributed by atoms with van der Waals surface area (Å²) in [5.74, 6) is -0.426. The molecule has 380 valence electrons. The van der Waals surface area contributed by atoms with Gasteiger partial charge in [0.2, 0.25) is 0 Å². The van der Waals surface area contributed by atoms with Crippen LogP contribution in [0.25, 0.3) is 0 Å². The summed E-state index contributed by atoms with van der Waals surface area (Å²) in [4.78, 5) is 25.5. The Hall–Kier alpha value is -2.92. The molecule has 0 rings (SSSR count). The quantitative estimate of drug-likeness (QED) is 0.0346. The van der Waals surface area contributed by atoms with Crippen molar-refractivity contribution in [1.29, 1.82) is 0 Å². The second-order valence-corrected chi connectivity index (χ2v) is 18.4. The summed E-state index contributed by atoms with van der Waals surface area (Å²) in [6, 6.07) is 0. The van der Waals surface area contributed by atoms with Gasteiger partial charge in [0.15, 0.2) is 6.10 Å². The molecule has 0 saturated carbocycles. The number of hydrogen-bond donors (Lipinski definition) is 0. The van der Waals surface area contributed by atoms with Crippen molar-refractivity contribution in [2.75, 3.05) is 19.8 Å². The number of unbranched alkanes of at least 4 members (excludes halogenated alkanes) is 26. The molecule has 66 heavy (non-hydrogen) atoms. The van der Waals surface area contributed by atoms with Crippen molar-refractivity contribution in [3.8, 4) is 0 Å². The highest BCUT2D eigenvalue weighted by molar-refractivity contribution is 5.70. The van der Waals surface area contributed by atoms with Crippen molar-refractivity contribution in [2.45, 2.75) is 271 Å². The molecule has 1 atom stereocenters. The van der Waals surface area contributed by atoms with Gasteiger partial charge in [-0.2, -0.15) is 0 Å². The first kappa shape index (κ1) is 63.1. The van der Waals surface area contributed by atoms with Crippen LogP contribution in [0.5, 0.6) is 0 Å². The molecule has 0 aliphatic carbocycles. The second-order valence-electron chi connectivity index (χ2n) is 18.4. The van der Waals surface area contributed by atoms with E-state index in [-0.39, 0.29) is 25.2 Å². The fourth-order valence-electron chi connectivity index (χ4n) is 7.81. The summed E-state index contributed by atoms with van der Waals surface area (Å²) >= 11 is 0. The van der Waals surface area contributed by atoms with Crippen LogP contribution in [0.4, 0.5) is 0 Å². The summed E-state index contributed by atoms with van der Waals surface area (Å²) in [7, 11) is 0. The zero-order chi connectivity index (χ0) is 47.7. The molecular weight excluding hydrogens is 813 g/mol. The largest absolute Gasteiger partial charge is 0.462 e. The van der Waals surface area contributed by atoms with Gasteiger partial charge >= 0.3 is 11.9 Å². The summed E-state index contributed by atoms with van der Waals surface area (Å²) in [6.45, 7) is 7.60. The van der Waals surface area contributed by atoms with E-state index in [4.69, 9.17) is 14.2 Å². The number of hydrogen-bond acceptors (Lipinski definition) is 5. The van der Waals surface area contributed by atoms with Crippen molar-refractivity contribution >= 4 is 11.9 Å². The molecule has 0 bridgehead atoms. The Labute approximate surface area is 409 Å². The lowest BCUT2D eigenvalue weighted by molar-refractivity contribution is -0.163. The lowest BCUT2D eigenvalue weighted by Gasteiger charge is -2.18. The van der Waals surface area contributed by atoms with Crippen LogP contribution in [0.3, 0.4) is 0 Å². The number of carbonyl (C=O) groups excluding carboxylic acids is 2. The molecule has 0 heterocycles. The van der Waals surface area contributed by atoms with E-state index in [0.29, 0.717) is 19.4 Å². The van der Waals surface area contributed by atoms with Crippen LogP contribution in [-0.2, 0) is 23.8 Å². The molecule has 1 unspecified atom stereocenters. The summed E-state index contributed by atoms with van der Waals surface area (Å²) in [6.07, 6.45) is 74.5. The highest BCUT2D eigenvalue weighted by Gasteiger charge is 2.17. The highest BCUT2D eigenvalue weighted by atomic mass is 16.6. The van der Waals surface area contributed by atoms with Crippen LogP contribution in [-0.4, -0.2) is 37.9 Å². The van der Waals surface area contributed by atoms with Crippen molar-refractivity contribution < 1.29 is 23.8 Å². The van der Waals surface area contributed by atoms with Crippen LogP contribution in [0.15, 0.2) is 85.1 Å². The van der Waals surface area contributed by atoms with Gasteiger partial charge in [-0.3, -0.25) is 9.59 Å². The number of esters is 2. The molecular formula is C61H106O5. The highest BCUT2D eigenvalue weighted by Crippen LogP contribution is 2.15. The fraction of sp³-hybridized carbons (Fsp3) is 0.738. The van der Waals surface area contributed by atoms with Gasteiger partial charge < -0.3 is 14.2 Å². The molecule has 0 aromatic heterocycles. The Kier molecular flexibility index (Phi) is 53.9. The van der Waals surface area contributed by atoms with Gasteiger partial charge in [0.25, 0.3) is 0 Å². The molecule has 5 heteroatoms. The SMILES string of the molecule is CC/C=C\C/C=C\C/C=C\C/C=C\CCCCCCCCC(=O)OCC(COCCCCCCCCCCCCCCCCCC)OC(=O)CCCCCCC/C=C\C/C=C\C/C=C\CC. The maximum atomic E-state index is 12.8. The molecule has 0 aliphatic heterocycles. The van der Waals surface area contributed by atoms with E-state index in [1.165, 1.54) is 122 Å². The van der Waals surface area contributed by atoms with E-state index in [0.717, 1.165) is 109 Å². The van der Waals surface area contributed by atoms with Crippen molar-refractivity contribution in [2.24, 2.45) is 0 Å². The number of rotatable bonds is 51. The maximum absolute atomic E-state index is 12.8. The fourth-order valence-corrected chi connectivity index (χ4v) is 7.81. The standard InChI is InChI=1S/C61H106O5/c1-4-7-10-13-16-19-22-25-28-30-31-32-34-36-39-42-45-48-51-54-60(62)65-58-59(57-64-56-53-50-47-44-41-38-35-29-26-23-20-17-14-11-8-5-2)66-61(63)55-52-49-46-43-40-37-33-27-24-21-18-15-12-9-6-3/h7,9-10,12,16,18-19,21,25,27-28,31-33,59H,4-6,8,11,13-15,17,20,22-24,26,29-30,34-58H2,1-3H3/b10-7-,12-9-,19-16-,21-18-,28-25-,32-31-,33-27-. The Morgan fingerprint density at radius 3 is 1.09 bits per heavy atom. The predicted molar refractivity (Wildman–Crippen MR) is 288 cm³/mol. The summed E-state index contributed by atoms with van der Waals surface area (Å²) in [5, 5.41) is 0. The van der Waals surface area contributed by atoms with E-state index in [1.807, 2.05) is 0 Å². The third-order valence-corrected chi connectivity index (χ3v) is 11.9. The van der Waals surface area contributed by atoms with E-state index in [2.05, 4.69) is 106 Å². The van der Waals surface area contributed by atoms with Gasteiger partial charge in [0.05, 0.1) is 6.61 Å². The maximum Gasteiger partial charge on any atom is 0.306 e. The molecule has 0 N–H and O–H groups in total. The van der Waals surface area contributed by atoms with Gasteiger partial charge in [0.1, 0.15) is 6.61 Å². The third-order valence-electron chi connectivity index (χ3n) is 11.9. The van der Waals surface area contributed by atoms with E-state index < -0.39 is 6.10 Å². The van der Waals surface area contributed by atoms with Crippen LogP contribution in [0, 0.1) is 0 Å².